The fraction of sp³-hybridized carbons (Fsp3) is 1.00. The Balaban J connectivity index is 2.13. The highest BCUT2D eigenvalue weighted by atomic mass is 14.7. The monoisotopic (exact) mass is 224 g/mol. The molecule has 0 bridgehead atoms. The Bertz CT molecular complexity index is 211. The molecule has 0 spiro atoms. The van der Waals surface area contributed by atoms with Crippen LogP contribution in [0.25, 0.3) is 0 Å². The number of rotatable bonds is 3. The van der Waals surface area contributed by atoms with Gasteiger partial charge in [0.25, 0.3) is 0 Å². The van der Waals surface area contributed by atoms with Gasteiger partial charge in [-0.3, -0.25) is 0 Å². The van der Waals surface area contributed by atoms with Gasteiger partial charge in [-0.05, 0) is 56.0 Å². The van der Waals surface area contributed by atoms with E-state index in [0.29, 0.717) is 11.3 Å². The number of hydrogen-bond acceptors (Lipinski definition) is 2. The molecule has 0 aromatic heterocycles. The van der Waals surface area contributed by atoms with Gasteiger partial charge in [0.05, 0.1) is 0 Å². The summed E-state index contributed by atoms with van der Waals surface area (Å²) in [5.74, 6) is 1.58. The summed E-state index contributed by atoms with van der Waals surface area (Å²) in [6.07, 6.45) is 12.5. The molecule has 0 heterocycles. The summed E-state index contributed by atoms with van der Waals surface area (Å²) >= 11 is 0. The first kappa shape index (κ1) is 12.4. The SMILES string of the molecule is NCC1CCCCC1(CN)C1CCCCC1. The van der Waals surface area contributed by atoms with Crippen molar-refractivity contribution in [2.24, 2.45) is 28.7 Å². The maximum atomic E-state index is 6.18. The third-order valence-electron chi connectivity index (χ3n) is 5.34. The van der Waals surface area contributed by atoms with E-state index in [1.165, 1.54) is 57.8 Å². The Kier molecular flexibility index (Phi) is 4.26. The summed E-state index contributed by atoms with van der Waals surface area (Å²) in [5, 5.41) is 0. The molecule has 2 aliphatic carbocycles. The van der Waals surface area contributed by atoms with Crippen molar-refractivity contribution in [3.8, 4) is 0 Å². The average molecular weight is 224 g/mol. The molecule has 2 nitrogen and oxygen atoms in total. The molecule has 0 saturated heterocycles. The molecule has 2 saturated carbocycles. The fourth-order valence-corrected chi connectivity index (χ4v) is 4.34. The summed E-state index contributed by atoms with van der Waals surface area (Å²) in [7, 11) is 0. The van der Waals surface area contributed by atoms with Crippen LogP contribution in [0.3, 0.4) is 0 Å². The summed E-state index contributed by atoms with van der Waals surface area (Å²) in [6.45, 7) is 1.73. The first-order valence-corrected chi connectivity index (χ1v) is 7.23. The molecule has 0 radical (unpaired) electrons. The van der Waals surface area contributed by atoms with Gasteiger partial charge in [-0.2, -0.15) is 0 Å². The maximum absolute atomic E-state index is 6.18. The second-order valence-electron chi connectivity index (χ2n) is 5.95. The van der Waals surface area contributed by atoms with E-state index in [4.69, 9.17) is 11.5 Å². The summed E-state index contributed by atoms with van der Waals surface area (Å²) in [4.78, 5) is 0. The average Bonchev–Trinajstić information content (AvgIpc) is 2.39. The minimum absolute atomic E-state index is 0.410. The lowest BCUT2D eigenvalue weighted by Gasteiger charge is -2.50. The lowest BCUT2D eigenvalue weighted by Crippen LogP contribution is -2.49. The van der Waals surface area contributed by atoms with Crippen LogP contribution >= 0.6 is 0 Å². The van der Waals surface area contributed by atoms with Crippen LogP contribution in [0.1, 0.15) is 57.8 Å². The molecule has 0 aliphatic heterocycles. The molecule has 2 atom stereocenters. The molecule has 94 valence electrons. The summed E-state index contributed by atoms with van der Waals surface area (Å²) < 4.78 is 0. The minimum atomic E-state index is 0.410. The van der Waals surface area contributed by atoms with Crippen LogP contribution in [0.5, 0.6) is 0 Å². The van der Waals surface area contributed by atoms with Gasteiger partial charge in [0, 0.05) is 0 Å². The molecule has 2 unspecified atom stereocenters. The van der Waals surface area contributed by atoms with Gasteiger partial charge in [0.2, 0.25) is 0 Å². The van der Waals surface area contributed by atoms with E-state index in [1.54, 1.807) is 0 Å². The lowest BCUT2D eigenvalue weighted by atomic mass is 9.56. The zero-order chi connectivity index (χ0) is 11.4. The van der Waals surface area contributed by atoms with Crippen LogP contribution in [0, 0.1) is 17.3 Å². The van der Waals surface area contributed by atoms with Crippen LogP contribution in [0.15, 0.2) is 0 Å². The van der Waals surface area contributed by atoms with E-state index in [1.807, 2.05) is 0 Å². The second-order valence-corrected chi connectivity index (χ2v) is 5.95. The van der Waals surface area contributed by atoms with Crippen molar-refractivity contribution >= 4 is 0 Å². The largest absolute Gasteiger partial charge is 0.330 e. The van der Waals surface area contributed by atoms with E-state index in [2.05, 4.69) is 0 Å². The smallest absolute Gasteiger partial charge is 0.00147 e. The van der Waals surface area contributed by atoms with Crippen molar-refractivity contribution in [2.45, 2.75) is 57.8 Å². The molecule has 0 aromatic rings. The second kappa shape index (κ2) is 5.50. The van der Waals surface area contributed by atoms with E-state index in [-0.39, 0.29) is 0 Å². The van der Waals surface area contributed by atoms with Gasteiger partial charge in [-0.15, -0.1) is 0 Å². The molecule has 4 N–H and O–H groups in total. The van der Waals surface area contributed by atoms with Crippen molar-refractivity contribution in [1.82, 2.24) is 0 Å². The van der Waals surface area contributed by atoms with Crippen LogP contribution in [0.4, 0.5) is 0 Å². The minimum Gasteiger partial charge on any atom is -0.330 e. The quantitative estimate of drug-likeness (QED) is 0.774. The Morgan fingerprint density at radius 3 is 2.19 bits per heavy atom. The first-order chi connectivity index (χ1) is 7.83. The van der Waals surface area contributed by atoms with Crippen molar-refractivity contribution in [2.75, 3.05) is 13.1 Å². The maximum Gasteiger partial charge on any atom is -0.00147 e. The van der Waals surface area contributed by atoms with Crippen molar-refractivity contribution in [1.29, 1.82) is 0 Å². The highest BCUT2D eigenvalue weighted by Gasteiger charge is 2.44. The summed E-state index contributed by atoms with van der Waals surface area (Å²) in [5.41, 5.74) is 12.6. The van der Waals surface area contributed by atoms with Gasteiger partial charge in [0.1, 0.15) is 0 Å². The molecular formula is C14H28N2. The zero-order valence-electron chi connectivity index (χ0n) is 10.6. The Morgan fingerprint density at radius 2 is 1.56 bits per heavy atom. The standard InChI is InChI=1S/C14H28N2/c15-10-13-8-4-5-9-14(13,11-16)12-6-2-1-3-7-12/h12-13H,1-11,15-16H2. The van der Waals surface area contributed by atoms with Crippen LogP contribution in [-0.2, 0) is 0 Å². The van der Waals surface area contributed by atoms with E-state index < -0.39 is 0 Å². The zero-order valence-corrected chi connectivity index (χ0v) is 10.6. The van der Waals surface area contributed by atoms with Crippen molar-refractivity contribution in [3.05, 3.63) is 0 Å². The Morgan fingerprint density at radius 1 is 0.875 bits per heavy atom. The number of nitrogens with two attached hydrogens (primary N) is 2. The van der Waals surface area contributed by atoms with E-state index in [9.17, 15) is 0 Å². The molecule has 2 fully saturated rings. The molecule has 16 heavy (non-hydrogen) atoms. The predicted molar refractivity (Wildman–Crippen MR) is 69.1 cm³/mol. The molecule has 2 aliphatic rings. The highest BCUT2D eigenvalue weighted by Crippen LogP contribution is 2.50. The van der Waals surface area contributed by atoms with E-state index >= 15 is 0 Å². The van der Waals surface area contributed by atoms with Crippen molar-refractivity contribution in [3.63, 3.8) is 0 Å². The van der Waals surface area contributed by atoms with Gasteiger partial charge >= 0.3 is 0 Å². The third kappa shape index (κ3) is 2.14. The van der Waals surface area contributed by atoms with Gasteiger partial charge in [-0.1, -0.05) is 32.1 Å². The topological polar surface area (TPSA) is 52.0 Å². The Labute approximate surface area is 100 Å². The van der Waals surface area contributed by atoms with Crippen LogP contribution in [0.2, 0.25) is 0 Å². The first-order valence-electron chi connectivity index (χ1n) is 7.23. The molecule has 2 rings (SSSR count). The van der Waals surface area contributed by atoms with Crippen LogP contribution in [-0.4, -0.2) is 13.1 Å². The highest BCUT2D eigenvalue weighted by molar-refractivity contribution is 4.96. The lowest BCUT2D eigenvalue weighted by molar-refractivity contribution is 0.0172. The van der Waals surface area contributed by atoms with E-state index in [0.717, 1.165) is 19.0 Å². The Hall–Kier alpha value is -0.0800. The third-order valence-corrected chi connectivity index (χ3v) is 5.34. The fourth-order valence-electron chi connectivity index (χ4n) is 4.34. The molecule has 0 aromatic carbocycles. The van der Waals surface area contributed by atoms with Gasteiger partial charge < -0.3 is 11.5 Å². The molecular weight excluding hydrogens is 196 g/mol. The summed E-state index contributed by atoms with van der Waals surface area (Å²) in [6, 6.07) is 0. The number of hydrogen-bond donors (Lipinski definition) is 2. The molecule has 2 heteroatoms. The van der Waals surface area contributed by atoms with Gasteiger partial charge in [-0.25, -0.2) is 0 Å². The van der Waals surface area contributed by atoms with Crippen LogP contribution < -0.4 is 11.5 Å². The van der Waals surface area contributed by atoms with Gasteiger partial charge in [0.15, 0.2) is 0 Å². The predicted octanol–water partition coefficient (Wildman–Crippen LogP) is 2.66. The van der Waals surface area contributed by atoms with Crippen molar-refractivity contribution < 1.29 is 0 Å². The molecule has 0 amide bonds. The normalized spacial score (nSPS) is 37.5.